The number of amides is 1. The van der Waals surface area contributed by atoms with Gasteiger partial charge in [0.05, 0.1) is 0 Å². The molecule has 1 amide bonds. The largest absolute Gasteiger partial charge is 0.355 e. The van der Waals surface area contributed by atoms with Crippen molar-refractivity contribution < 1.29 is 4.79 Å². The molecule has 126 valence electrons. The molecule has 1 heterocycles. The van der Waals surface area contributed by atoms with E-state index >= 15 is 0 Å². The van der Waals surface area contributed by atoms with Crippen molar-refractivity contribution in [2.75, 3.05) is 24.6 Å². The molecule has 1 unspecified atom stereocenters. The molecule has 0 spiro atoms. The fourth-order valence-corrected chi connectivity index (χ4v) is 6.79. The van der Waals surface area contributed by atoms with Gasteiger partial charge in [0.25, 0.3) is 0 Å². The highest BCUT2D eigenvalue weighted by Gasteiger charge is 2.50. The highest BCUT2D eigenvalue weighted by molar-refractivity contribution is 7.99. The zero-order valence-electron chi connectivity index (χ0n) is 13.3. The van der Waals surface area contributed by atoms with E-state index in [0.717, 1.165) is 36.6 Å². The van der Waals surface area contributed by atoms with E-state index in [1.807, 2.05) is 11.8 Å². The molecule has 4 bridgehead atoms. The van der Waals surface area contributed by atoms with Crippen LogP contribution in [0.3, 0.4) is 0 Å². The molecule has 1 saturated heterocycles. The number of hydrogen-bond donors (Lipinski definition) is 2. The Bertz CT molecular complexity index is 376. The van der Waals surface area contributed by atoms with Gasteiger partial charge in [-0.05, 0) is 61.7 Å². The zero-order valence-corrected chi connectivity index (χ0v) is 14.9. The Morgan fingerprint density at radius 1 is 1.14 bits per heavy atom. The summed E-state index contributed by atoms with van der Waals surface area (Å²) >= 11 is 1.97. The number of halogens is 1. The SMILES string of the molecule is Cl.O=C(CC1CSCCN1)NCC12CC3CC(CC(C3)C1)C2. The quantitative estimate of drug-likeness (QED) is 0.824. The van der Waals surface area contributed by atoms with Crippen LogP contribution in [0.1, 0.15) is 44.9 Å². The van der Waals surface area contributed by atoms with Gasteiger partial charge in [-0.2, -0.15) is 11.8 Å². The Morgan fingerprint density at radius 2 is 1.77 bits per heavy atom. The first-order valence-corrected chi connectivity index (χ1v) is 9.94. The second-order valence-electron chi connectivity index (χ2n) is 8.12. The van der Waals surface area contributed by atoms with Gasteiger partial charge in [0.15, 0.2) is 0 Å². The predicted molar refractivity (Wildman–Crippen MR) is 94.6 cm³/mol. The normalized spacial score (nSPS) is 42.7. The Labute approximate surface area is 144 Å². The van der Waals surface area contributed by atoms with Gasteiger partial charge in [-0.1, -0.05) is 0 Å². The Balaban J connectivity index is 0.00000144. The van der Waals surface area contributed by atoms with Crippen LogP contribution in [0.25, 0.3) is 0 Å². The lowest BCUT2D eigenvalue weighted by atomic mass is 9.49. The van der Waals surface area contributed by atoms with Gasteiger partial charge in [0.1, 0.15) is 0 Å². The minimum Gasteiger partial charge on any atom is -0.355 e. The van der Waals surface area contributed by atoms with Gasteiger partial charge in [-0.25, -0.2) is 0 Å². The molecule has 3 nitrogen and oxygen atoms in total. The number of thioether (sulfide) groups is 1. The lowest BCUT2D eigenvalue weighted by Gasteiger charge is -2.56. The third-order valence-electron chi connectivity index (χ3n) is 6.26. The van der Waals surface area contributed by atoms with Crippen LogP contribution in [0.15, 0.2) is 0 Å². The van der Waals surface area contributed by atoms with Gasteiger partial charge in [0, 0.05) is 37.1 Å². The molecule has 1 atom stereocenters. The van der Waals surface area contributed by atoms with Gasteiger partial charge < -0.3 is 10.6 Å². The second-order valence-corrected chi connectivity index (χ2v) is 9.27. The van der Waals surface area contributed by atoms with Crippen molar-refractivity contribution in [3.8, 4) is 0 Å². The van der Waals surface area contributed by atoms with Crippen molar-refractivity contribution in [2.24, 2.45) is 23.2 Å². The second kappa shape index (κ2) is 6.90. The van der Waals surface area contributed by atoms with Gasteiger partial charge >= 0.3 is 0 Å². The fraction of sp³-hybridized carbons (Fsp3) is 0.941. The smallest absolute Gasteiger partial charge is 0.221 e. The van der Waals surface area contributed by atoms with Crippen molar-refractivity contribution in [3.05, 3.63) is 0 Å². The first-order valence-electron chi connectivity index (χ1n) is 8.79. The van der Waals surface area contributed by atoms with Crippen LogP contribution in [0.4, 0.5) is 0 Å². The molecule has 5 aliphatic rings. The highest BCUT2D eigenvalue weighted by Crippen LogP contribution is 2.59. The molecule has 4 aliphatic carbocycles. The molecule has 22 heavy (non-hydrogen) atoms. The van der Waals surface area contributed by atoms with Gasteiger partial charge in [-0.3, -0.25) is 4.79 Å². The molecule has 0 aromatic rings. The summed E-state index contributed by atoms with van der Waals surface area (Å²) < 4.78 is 0. The van der Waals surface area contributed by atoms with Crippen molar-refractivity contribution >= 4 is 30.1 Å². The summed E-state index contributed by atoms with van der Waals surface area (Å²) in [6, 6.07) is 0.389. The van der Waals surface area contributed by atoms with E-state index in [1.165, 1.54) is 44.3 Å². The Hall–Kier alpha value is 0.0700. The van der Waals surface area contributed by atoms with Crippen LogP contribution in [0.5, 0.6) is 0 Å². The maximum Gasteiger partial charge on any atom is 0.221 e. The predicted octanol–water partition coefficient (Wildman–Crippen LogP) is 2.84. The summed E-state index contributed by atoms with van der Waals surface area (Å²) in [5, 5.41) is 6.76. The minimum atomic E-state index is 0. The molecular weight excluding hydrogens is 316 g/mol. The number of rotatable bonds is 4. The monoisotopic (exact) mass is 344 g/mol. The topological polar surface area (TPSA) is 41.1 Å². The summed E-state index contributed by atoms with van der Waals surface area (Å²) in [6.07, 6.45) is 9.27. The average Bonchev–Trinajstić information content (AvgIpc) is 2.45. The van der Waals surface area contributed by atoms with E-state index in [9.17, 15) is 4.79 Å². The summed E-state index contributed by atoms with van der Waals surface area (Å²) in [5.74, 6) is 5.47. The van der Waals surface area contributed by atoms with Crippen molar-refractivity contribution in [2.45, 2.75) is 51.0 Å². The molecule has 0 aromatic heterocycles. The van der Waals surface area contributed by atoms with E-state index in [1.54, 1.807) is 0 Å². The third-order valence-corrected chi connectivity index (χ3v) is 7.39. The first kappa shape index (κ1) is 16.9. The number of carbonyl (C=O) groups is 1. The highest BCUT2D eigenvalue weighted by atomic mass is 35.5. The van der Waals surface area contributed by atoms with Crippen molar-refractivity contribution in [1.29, 1.82) is 0 Å². The molecule has 1 aliphatic heterocycles. The molecule has 0 radical (unpaired) electrons. The van der Waals surface area contributed by atoms with Crippen molar-refractivity contribution in [3.63, 3.8) is 0 Å². The molecule has 5 fully saturated rings. The van der Waals surface area contributed by atoms with Crippen LogP contribution in [0.2, 0.25) is 0 Å². The zero-order chi connectivity index (χ0) is 14.3. The van der Waals surface area contributed by atoms with Crippen LogP contribution in [0, 0.1) is 23.2 Å². The summed E-state index contributed by atoms with van der Waals surface area (Å²) in [7, 11) is 0. The third kappa shape index (κ3) is 3.59. The van der Waals surface area contributed by atoms with Crippen molar-refractivity contribution in [1.82, 2.24) is 10.6 Å². The summed E-state index contributed by atoms with van der Waals surface area (Å²) in [6.45, 7) is 2.01. The number of nitrogens with one attached hydrogen (secondary N) is 2. The summed E-state index contributed by atoms with van der Waals surface area (Å²) in [5.41, 5.74) is 0.471. The molecule has 2 N–H and O–H groups in total. The molecule has 0 aromatic carbocycles. The maximum absolute atomic E-state index is 12.2. The standard InChI is InChI=1S/C17H28N2OS.ClH/c20-16(6-15-10-21-2-1-18-15)19-11-17-7-12-3-13(8-17)5-14(4-12)9-17;/h12-15,18H,1-11H2,(H,19,20);1H. The number of carbonyl (C=O) groups excluding carboxylic acids is 1. The molecule has 4 saturated carbocycles. The summed E-state index contributed by atoms with van der Waals surface area (Å²) in [4.78, 5) is 12.2. The minimum absolute atomic E-state index is 0. The first-order chi connectivity index (χ1) is 10.2. The van der Waals surface area contributed by atoms with E-state index in [-0.39, 0.29) is 18.3 Å². The van der Waals surface area contributed by atoms with Gasteiger partial charge in [-0.15, -0.1) is 12.4 Å². The van der Waals surface area contributed by atoms with E-state index in [4.69, 9.17) is 0 Å². The van der Waals surface area contributed by atoms with Crippen LogP contribution in [-0.4, -0.2) is 36.5 Å². The molecule has 5 heteroatoms. The lowest BCUT2D eigenvalue weighted by molar-refractivity contribution is -0.123. The average molecular weight is 345 g/mol. The molecule has 5 rings (SSSR count). The number of hydrogen-bond acceptors (Lipinski definition) is 3. The maximum atomic E-state index is 12.2. The fourth-order valence-electron chi connectivity index (χ4n) is 5.84. The van der Waals surface area contributed by atoms with Crippen LogP contribution in [-0.2, 0) is 4.79 Å². The van der Waals surface area contributed by atoms with E-state index in [2.05, 4.69) is 10.6 Å². The van der Waals surface area contributed by atoms with Crippen LogP contribution >= 0.6 is 24.2 Å². The van der Waals surface area contributed by atoms with E-state index in [0.29, 0.717) is 17.9 Å². The van der Waals surface area contributed by atoms with Gasteiger partial charge in [0.2, 0.25) is 5.91 Å². The van der Waals surface area contributed by atoms with Crippen LogP contribution < -0.4 is 10.6 Å². The molecular formula is C17H29ClN2OS. The Kier molecular flexibility index (Phi) is 5.30. The van der Waals surface area contributed by atoms with E-state index < -0.39 is 0 Å². The Morgan fingerprint density at radius 3 is 2.32 bits per heavy atom. The lowest BCUT2D eigenvalue weighted by Crippen LogP contribution is -2.51.